The predicted octanol–water partition coefficient (Wildman–Crippen LogP) is 1.67. The van der Waals surface area contributed by atoms with Gasteiger partial charge < -0.3 is 18.9 Å². The highest BCUT2D eigenvalue weighted by atomic mass is 32.2. The third kappa shape index (κ3) is 8.15. The summed E-state index contributed by atoms with van der Waals surface area (Å²) >= 11 is 0. The zero-order valence-electron chi connectivity index (χ0n) is 14.6. The van der Waals surface area contributed by atoms with E-state index >= 15 is 0 Å². The van der Waals surface area contributed by atoms with E-state index in [2.05, 4.69) is 4.72 Å². The minimum absolute atomic E-state index is 0.0228. The molecule has 0 aliphatic carbocycles. The van der Waals surface area contributed by atoms with Crippen LogP contribution in [-0.4, -0.2) is 54.0 Å². The van der Waals surface area contributed by atoms with E-state index < -0.39 is 10.0 Å². The second-order valence-corrected chi connectivity index (χ2v) is 7.81. The molecule has 0 amide bonds. The first-order valence-electron chi connectivity index (χ1n) is 8.46. The molecular formula is C17H27NO6S. The quantitative estimate of drug-likeness (QED) is 0.469. The molecule has 0 atom stereocenters. The Hall–Kier alpha value is -1.19. The first-order chi connectivity index (χ1) is 12.1. The Bertz CT molecular complexity index is 601. The summed E-state index contributed by atoms with van der Waals surface area (Å²) in [6.07, 6.45) is 2.34. The molecule has 1 aliphatic rings. The predicted molar refractivity (Wildman–Crippen MR) is 94.0 cm³/mol. The Morgan fingerprint density at radius 3 is 2.84 bits per heavy atom. The Morgan fingerprint density at radius 1 is 1.28 bits per heavy atom. The van der Waals surface area contributed by atoms with Crippen LogP contribution in [0.25, 0.3) is 0 Å². The molecule has 1 saturated heterocycles. The summed E-state index contributed by atoms with van der Waals surface area (Å²) in [5.41, 5.74) is 0.865. The van der Waals surface area contributed by atoms with Gasteiger partial charge in [-0.15, -0.1) is 0 Å². The van der Waals surface area contributed by atoms with Gasteiger partial charge in [-0.3, -0.25) is 0 Å². The van der Waals surface area contributed by atoms with Crippen LogP contribution in [0, 0.1) is 0 Å². The molecule has 1 fully saturated rings. The van der Waals surface area contributed by atoms with E-state index in [0.717, 1.165) is 37.4 Å². The molecule has 25 heavy (non-hydrogen) atoms. The van der Waals surface area contributed by atoms with Crippen molar-refractivity contribution in [2.24, 2.45) is 0 Å². The molecule has 142 valence electrons. The number of nitrogens with one attached hydrogen (secondary N) is 1. The lowest BCUT2D eigenvalue weighted by atomic mass is 10.1. The van der Waals surface area contributed by atoms with E-state index in [1.165, 1.54) is 7.11 Å². The van der Waals surface area contributed by atoms with E-state index in [1.807, 2.05) is 24.3 Å². The molecule has 7 nitrogen and oxygen atoms in total. The van der Waals surface area contributed by atoms with Gasteiger partial charge in [0.15, 0.2) is 0 Å². The van der Waals surface area contributed by atoms with Gasteiger partial charge in [0.1, 0.15) is 18.6 Å². The van der Waals surface area contributed by atoms with Crippen molar-refractivity contribution in [3.05, 3.63) is 29.8 Å². The molecule has 1 N–H and O–H groups in total. The van der Waals surface area contributed by atoms with Gasteiger partial charge in [0.2, 0.25) is 10.0 Å². The Labute approximate surface area is 149 Å². The molecule has 1 aromatic rings. The summed E-state index contributed by atoms with van der Waals surface area (Å²) in [6.45, 7) is 2.21. The standard InChI is InChI=1S/C17H27NO6S/c1-21-14-23-8-3-11-25(19,20)18-13-15-4-2-5-17(12-15)24-16-6-9-22-10-7-16/h2,4-5,12,16,18H,3,6-11,13-14H2,1H3. The summed E-state index contributed by atoms with van der Waals surface area (Å²) in [5.74, 6) is 0.784. The highest BCUT2D eigenvalue weighted by Crippen LogP contribution is 2.19. The summed E-state index contributed by atoms with van der Waals surface area (Å²) < 4.78 is 47.7. The van der Waals surface area contributed by atoms with Crippen LogP contribution in [0.4, 0.5) is 0 Å². The van der Waals surface area contributed by atoms with Crippen molar-refractivity contribution < 1.29 is 27.4 Å². The van der Waals surface area contributed by atoms with Crippen molar-refractivity contribution in [1.29, 1.82) is 0 Å². The van der Waals surface area contributed by atoms with Crippen LogP contribution in [0.2, 0.25) is 0 Å². The highest BCUT2D eigenvalue weighted by molar-refractivity contribution is 7.89. The van der Waals surface area contributed by atoms with E-state index in [1.54, 1.807) is 0 Å². The van der Waals surface area contributed by atoms with Gasteiger partial charge in [-0.05, 0) is 24.1 Å². The maximum atomic E-state index is 12.0. The van der Waals surface area contributed by atoms with Crippen LogP contribution in [-0.2, 0) is 30.8 Å². The van der Waals surface area contributed by atoms with Gasteiger partial charge in [-0.1, -0.05) is 12.1 Å². The van der Waals surface area contributed by atoms with E-state index in [0.29, 0.717) is 13.0 Å². The van der Waals surface area contributed by atoms with Crippen molar-refractivity contribution in [3.8, 4) is 5.75 Å². The molecule has 0 aromatic heterocycles. The molecule has 1 heterocycles. The van der Waals surface area contributed by atoms with Gasteiger partial charge in [0.05, 0.1) is 25.6 Å². The van der Waals surface area contributed by atoms with Gasteiger partial charge in [0.25, 0.3) is 0 Å². The monoisotopic (exact) mass is 373 g/mol. The van der Waals surface area contributed by atoms with E-state index in [-0.39, 0.29) is 25.2 Å². The molecule has 0 unspecified atom stereocenters. The molecule has 0 spiro atoms. The first kappa shape index (κ1) is 20.1. The van der Waals surface area contributed by atoms with Gasteiger partial charge in [-0.25, -0.2) is 13.1 Å². The summed E-state index contributed by atoms with van der Waals surface area (Å²) in [7, 11) is -1.81. The second-order valence-electron chi connectivity index (χ2n) is 5.89. The fraction of sp³-hybridized carbons (Fsp3) is 0.647. The Morgan fingerprint density at radius 2 is 2.08 bits per heavy atom. The van der Waals surface area contributed by atoms with Crippen molar-refractivity contribution in [2.45, 2.75) is 31.9 Å². The zero-order chi connectivity index (χ0) is 18.0. The molecule has 0 radical (unpaired) electrons. The molecule has 1 aliphatic heterocycles. The van der Waals surface area contributed by atoms with Crippen molar-refractivity contribution in [3.63, 3.8) is 0 Å². The molecule has 1 aromatic carbocycles. The highest BCUT2D eigenvalue weighted by Gasteiger charge is 2.15. The van der Waals surface area contributed by atoms with Crippen LogP contribution in [0.1, 0.15) is 24.8 Å². The Kier molecular flexibility index (Phi) is 8.63. The van der Waals surface area contributed by atoms with E-state index in [9.17, 15) is 8.42 Å². The number of rotatable bonds is 11. The van der Waals surface area contributed by atoms with Crippen LogP contribution in [0.3, 0.4) is 0 Å². The fourth-order valence-corrected chi connectivity index (χ4v) is 3.50. The lowest BCUT2D eigenvalue weighted by Crippen LogP contribution is -2.27. The van der Waals surface area contributed by atoms with Crippen LogP contribution in [0.15, 0.2) is 24.3 Å². The third-order valence-electron chi connectivity index (χ3n) is 3.77. The van der Waals surface area contributed by atoms with Crippen molar-refractivity contribution >= 4 is 10.0 Å². The lowest BCUT2D eigenvalue weighted by Gasteiger charge is -2.23. The van der Waals surface area contributed by atoms with Gasteiger partial charge in [0, 0.05) is 26.5 Å². The minimum atomic E-state index is -3.34. The maximum absolute atomic E-state index is 12.0. The molecule has 2 rings (SSSR count). The SMILES string of the molecule is COCOCCCS(=O)(=O)NCc1cccc(OC2CCOCC2)c1. The molecule has 8 heteroatoms. The smallest absolute Gasteiger partial charge is 0.211 e. The average molecular weight is 373 g/mol. The zero-order valence-corrected chi connectivity index (χ0v) is 15.4. The maximum Gasteiger partial charge on any atom is 0.211 e. The fourth-order valence-electron chi connectivity index (χ4n) is 2.47. The topological polar surface area (TPSA) is 83.1 Å². The molecule has 0 saturated carbocycles. The van der Waals surface area contributed by atoms with Gasteiger partial charge >= 0.3 is 0 Å². The first-order valence-corrected chi connectivity index (χ1v) is 10.1. The summed E-state index contributed by atoms with van der Waals surface area (Å²) in [6, 6.07) is 7.51. The van der Waals surface area contributed by atoms with Crippen LogP contribution in [0.5, 0.6) is 5.75 Å². The molecule has 0 bridgehead atoms. The average Bonchev–Trinajstić information content (AvgIpc) is 2.61. The normalized spacial score (nSPS) is 16.0. The van der Waals surface area contributed by atoms with Crippen LogP contribution < -0.4 is 9.46 Å². The summed E-state index contributed by atoms with van der Waals surface area (Å²) in [5, 5.41) is 0. The second kappa shape index (κ2) is 10.7. The summed E-state index contributed by atoms with van der Waals surface area (Å²) in [4.78, 5) is 0. The molecular weight excluding hydrogens is 346 g/mol. The van der Waals surface area contributed by atoms with Crippen molar-refractivity contribution in [1.82, 2.24) is 4.72 Å². The number of hydrogen-bond donors (Lipinski definition) is 1. The van der Waals surface area contributed by atoms with Gasteiger partial charge in [-0.2, -0.15) is 0 Å². The number of hydrogen-bond acceptors (Lipinski definition) is 6. The lowest BCUT2D eigenvalue weighted by molar-refractivity contribution is -0.0298. The van der Waals surface area contributed by atoms with E-state index in [4.69, 9.17) is 18.9 Å². The van der Waals surface area contributed by atoms with Crippen LogP contribution >= 0.6 is 0 Å². The number of methoxy groups -OCH3 is 1. The van der Waals surface area contributed by atoms with Crippen molar-refractivity contribution in [2.75, 3.05) is 39.5 Å². The number of ether oxygens (including phenoxy) is 4. The number of sulfonamides is 1. The third-order valence-corrected chi connectivity index (χ3v) is 5.18. The Balaban J connectivity index is 1.76. The largest absolute Gasteiger partial charge is 0.490 e. The number of benzene rings is 1. The minimum Gasteiger partial charge on any atom is -0.490 e.